The largest absolute Gasteiger partial charge is 0.406 e. The van der Waals surface area contributed by atoms with Crippen molar-refractivity contribution in [3.8, 4) is 0 Å². The summed E-state index contributed by atoms with van der Waals surface area (Å²) in [6.45, 7) is 6.84. The van der Waals surface area contributed by atoms with Crippen molar-refractivity contribution in [3.05, 3.63) is 0 Å². The van der Waals surface area contributed by atoms with Crippen LogP contribution in [0.25, 0.3) is 0 Å². The lowest BCUT2D eigenvalue weighted by Crippen LogP contribution is -2.54. The summed E-state index contributed by atoms with van der Waals surface area (Å²) in [6, 6.07) is 0.166. The van der Waals surface area contributed by atoms with Crippen molar-refractivity contribution in [2.75, 3.05) is 39.3 Å². The quantitative estimate of drug-likeness (QED) is 0.833. The van der Waals surface area contributed by atoms with Crippen LogP contribution < -0.4 is 5.32 Å². The second kappa shape index (κ2) is 8.80. The second-order valence-electron chi connectivity index (χ2n) is 5.81. The minimum atomic E-state index is -4.35. The van der Waals surface area contributed by atoms with E-state index in [1.165, 1.54) is 0 Å². The summed E-state index contributed by atoms with van der Waals surface area (Å²) in [4.78, 5) is 15.0. The Morgan fingerprint density at radius 3 is 2.52 bits per heavy atom. The van der Waals surface area contributed by atoms with Gasteiger partial charge in [-0.05, 0) is 12.8 Å². The SMILES string of the molecule is CC(C)CN(CC(F)(F)F)C(=O)CN1CCNC[C@H]1C.Cl. The predicted molar refractivity (Wildman–Crippen MR) is 78.6 cm³/mol. The van der Waals surface area contributed by atoms with Crippen molar-refractivity contribution in [1.82, 2.24) is 15.1 Å². The molecule has 126 valence electrons. The van der Waals surface area contributed by atoms with Crippen LogP contribution >= 0.6 is 12.4 Å². The van der Waals surface area contributed by atoms with E-state index in [0.717, 1.165) is 18.0 Å². The highest BCUT2D eigenvalue weighted by Crippen LogP contribution is 2.18. The molecule has 0 aromatic carbocycles. The first-order chi connectivity index (χ1) is 9.19. The Balaban J connectivity index is 0.00000400. The standard InChI is InChI=1S/C13H24F3N3O.ClH/c1-10(2)7-19(9-13(14,15)16)12(20)8-18-5-4-17-6-11(18)3;/h10-11,17H,4-9H2,1-3H3;1H/t11-;/m1./s1. The first kappa shape index (κ1) is 20.5. The fourth-order valence-electron chi connectivity index (χ4n) is 2.30. The fraction of sp³-hybridized carbons (Fsp3) is 0.923. The Morgan fingerprint density at radius 2 is 2.05 bits per heavy atom. The van der Waals surface area contributed by atoms with E-state index in [9.17, 15) is 18.0 Å². The van der Waals surface area contributed by atoms with E-state index in [0.29, 0.717) is 6.54 Å². The lowest BCUT2D eigenvalue weighted by Gasteiger charge is -2.35. The molecule has 1 atom stereocenters. The third kappa shape index (κ3) is 7.87. The highest BCUT2D eigenvalue weighted by atomic mass is 35.5. The molecule has 1 saturated heterocycles. The predicted octanol–water partition coefficient (Wildman–Crippen LogP) is 1.75. The Kier molecular flexibility index (Phi) is 8.58. The van der Waals surface area contributed by atoms with Gasteiger partial charge in [-0.25, -0.2) is 0 Å². The summed E-state index contributed by atoms with van der Waals surface area (Å²) >= 11 is 0. The molecule has 1 heterocycles. The maximum atomic E-state index is 12.6. The number of alkyl halides is 3. The van der Waals surface area contributed by atoms with Crippen LogP contribution in [0.15, 0.2) is 0 Å². The van der Waals surface area contributed by atoms with Crippen molar-refractivity contribution in [1.29, 1.82) is 0 Å². The zero-order chi connectivity index (χ0) is 15.3. The van der Waals surface area contributed by atoms with Gasteiger partial charge in [0, 0.05) is 32.2 Å². The molecule has 0 radical (unpaired) electrons. The Morgan fingerprint density at radius 1 is 1.43 bits per heavy atom. The van der Waals surface area contributed by atoms with Crippen molar-refractivity contribution in [3.63, 3.8) is 0 Å². The van der Waals surface area contributed by atoms with Gasteiger partial charge >= 0.3 is 6.18 Å². The molecular weight excluding hydrogens is 307 g/mol. The topological polar surface area (TPSA) is 35.6 Å². The van der Waals surface area contributed by atoms with Gasteiger partial charge in [-0.15, -0.1) is 12.4 Å². The number of hydrogen-bond donors (Lipinski definition) is 1. The molecule has 0 spiro atoms. The monoisotopic (exact) mass is 331 g/mol. The van der Waals surface area contributed by atoms with E-state index in [4.69, 9.17) is 0 Å². The minimum absolute atomic E-state index is 0. The number of carbonyl (C=O) groups is 1. The number of amides is 1. The van der Waals surface area contributed by atoms with Crippen LogP contribution in [0.2, 0.25) is 0 Å². The van der Waals surface area contributed by atoms with E-state index in [1.807, 2.05) is 25.7 Å². The van der Waals surface area contributed by atoms with Crippen LogP contribution in [0.4, 0.5) is 13.2 Å². The maximum absolute atomic E-state index is 12.6. The molecule has 1 aliphatic rings. The maximum Gasteiger partial charge on any atom is 0.406 e. The number of carbonyl (C=O) groups excluding carboxylic acids is 1. The molecule has 1 fully saturated rings. The van der Waals surface area contributed by atoms with E-state index >= 15 is 0 Å². The summed E-state index contributed by atoms with van der Waals surface area (Å²) in [5.74, 6) is -0.425. The molecule has 0 saturated carbocycles. The van der Waals surface area contributed by atoms with E-state index in [1.54, 1.807) is 0 Å². The van der Waals surface area contributed by atoms with Crippen molar-refractivity contribution in [2.45, 2.75) is 33.0 Å². The molecule has 1 rings (SSSR count). The summed E-state index contributed by atoms with van der Waals surface area (Å²) in [5.41, 5.74) is 0. The normalized spacial score (nSPS) is 20.2. The Labute approximate surface area is 130 Å². The van der Waals surface area contributed by atoms with Crippen molar-refractivity contribution >= 4 is 18.3 Å². The van der Waals surface area contributed by atoms with Crippen LogP contribution in [0.1, 0.15) is 20.8 Å². The van der Waals surface area contributed by atoms with Crippen molar-refractivity contribution < 1.29 is 18.0 Å². The van der Waals surface area contributed by atoms with E-state index in [-0.39, 0.29) is 37.5 Å². The lowest BCUT2D eigenvalue weighted by atomic mass is 10.2. The average Bonchev–Trinajstić information content (AvgIpc) is 2.28. The third-order valence-electron chi connectivity index (χ3n) is 3.29. The summed E-state index contributed by atoms with van der Waals surface area (Å²) in [5, 5.41) is 3.19. The Hall–Kier alpha value is -0.530. The molecule has 1 amide bonds. The number of rotatable bonds is 5. The van der Waals surface area contributed by atoms with Gasteiger partial charge in [0.2, 0.25) is 5.91 Å². The van der Waals surface area contributed by atoms with Crippen molar-refractivity contribution in [2.24, 2.45) is 5.92 Å². The molecular formula is C13H25ClF3N3O. The van der Waals surface area contributed by atoms with Gasteiger partial charge in [-0.3, -0.25) is 9.69 Å². The second-order valence-corrected chi connectivity index (χ2v) is 5.81. The van der Waals surface area contributed by atoms with Crippen LogP contribution in [0.5, 0.6) is 0 Å². The third-order valence-corrected chi connectivity index (χ3v) is 3.29. The summed E-state index contributed by atoms with van der Waals surface area (Å²) < 4.78 is 37.7. The van der Waals surface area contributed by atoms with Gasteiger partial charge in [0.25, 0.3) is 0 Å². The summed E-state index contributed by atoms with van der Waals surface area (Å²) in [6.07, 6.45) is -4.35. The van der Waals surface area contributed by atoms with Gasteiger partial charge in [0.05, 0.1) is 6.54 Å². The number of piperazine rings is 1. The van der Waals surface area contributed by atoms with Crippen LogP contribution in [0.3, 0.4) is 0 Å². The highest BCUT2D eigenvalue weighted by molar-refractivity contribution is 5.85. The molecule has 0 aliphatic carbocycles. The molecule has 1 N–H and O–H groups in total. The van der Waals surface area contributed by atoms with Gasteiger partial charge in [0.1, 0.15) is 6.54 Å². The smallest absolute Gasteiger partial charge is 0.332 e. The first-order valence-corrected chi connectivity index (χ1v) is 6.98. The molecule has 0 aromatic rings. The van der Waals surface area contributed by atoms with Gasteiger partial charge in [-0.2, -0.15) is 13.2 Å². The molecule has 0 aromatic heterocycles. The minimum Gasteiger partial charge on any atom is -0.332 e. The van der Waals surface area contributed by atoms with Crippen LogP contribution in [-0.2, 0) is 4.79 Å². The molecule has 0 unspecified atom stereocenters. The molecule has 21 heavy (non-hydrogen) atoms. The molecule has 0 bridgehead atoms. The van der Waals surface area contributed by atoms with Gasteiger partial charge in [-0.1, -0.05) is 13.8 Å². The zero-order valence-corrected chi connectivity index (χ0v) is 13.6. The lowest BCUT2D eigenvalue weighted by molar-refractivity contribution is -0.163. The van der Waals surface area contributed by atoms with Gasteiger partial charge < -0.3 is 10.2 Å². The zero-order valence-electron chi connectivity index (χ0n) is 12.7. The number of nitrogens with zero attached hydrogens (tertiary/aromatic N) is 2. The first-order valence-electron chi connectivity index (χ1n) is 6.98. The van der Waals surface area contributed by atoms with E-state index < -0.39 is 18.6 Å². The van der Waals surface area contributed by atoms with E-state index in [2.05, 4.69) is 5.32 Å². The summed E-state index contributed by atoms with van der Waals surface area (Å²) in [7, 11) is 0. The molecule has 1 aliphatic heterocycles. The Bertz CT molecular complexity index is 326. The fourth-order valence-corrected chi connectivity index (χ4v) is 2.30. The average molecular weight is 332 g/mol. The highest BCUT2D eigenvalue weighted by Gasteiger charge is 2.34. The van der Waals surface area contributed by atoms with Crippen LogP contribution in [0, 0.1) is 5.92 Å². The molecule has 8 heteroatoms. The number of nitrogens with one attached hydrogen (secondary N) is 1. The number of hydrogen-bond acceptors (Lipinski definition) is 3. The number of halogens is 4. The molecule has 4 nitrogen and oxygen atoms in total. The van der Waals surface area contributed by atoms with Crippen LogP contribution in [-0.4, -0.2) is 67.2 Å². The van der Waals surface area contributed by atoms with Gasteiger partial charge in [0.15, 0.2) is 0 Å².